The highest BCUT2D eigenvalue weighted by Gasteiger charge is 2.12. The minimum Gasteiger partial charge on any atom is -0.326 e. The molecule has 0 radical (unpaired) electrons. The SMILES string of the molecule is Cc1cc(=O)n(CC(=O)Nc2ccc(F)cc2)c(Nc2ccc(F)cc2)n1. The Labute approximate surface area is 153 Å². The first-order valence-corrected chi connectivity index (χ1v) is 8.07. The Morgan fingerprint density at radius 3 is 2.15 bits per heavy atom. The molecule has 2 N–H and O–H groups in total. The third kappa shape index (κ3) is 4.75. The van der Waals surface area contributed by atoms with Crippen molar-refractivity contribution in [1.29, 1.82) is 0 Å². The van der Waals surface area contributed by atoms with Crippen LogP contribution in [-0.2, 0) is 11.3 Å². The summed E-state index contributed by atoms with van der Waals surface area (Å²) in [5, 5.41) is 5.50. The Hall–Kier alpha value is -3.55. The van der Waals surface area contributed by atoms with E-state index >= 15 is 0 Å². The normalized spacial score (nSPS) is 10.5. The fraction of sp³-hybridized carbons (Fsp3) is 0.105. The molecule has 0 spiro atoms. The van der Waals surface area contributed by atoms with Gasteiger partial charge in [0.15, 0.2) is 0 Å². The number of anilines is 3. The molecule has 0 fully saturated rings. The molecule has 0 saturated carbocycles. The summed E-state index contributed by atoms with van der Waals surface area (Å²) in [7, 11) is 0. The Bertz CT molecular complexity index is 1020. The lowest BCUT2D eigenvalue weighted by atomic mass is 10.3. The first-order valence-electron chi connectivity index (χ1n) is 8.07. The van der Waals surface area contributed by atoms with Gasteiger partial charge < -0.3 is 10.6 Å². The third-order valence-corrected chi connectivity index (χ3v) is 3.67. The molecule has 0 aliphatic heterocycles. The number of nitrogens with one attached hydrogen (secondary N) is 2. The Morgan fingerprint density at radius 1 is 1.00 bits per heavy atom. The van der Waals surface area contributed by atoms with Crippen LogP contribution in [0.25, 0.3) is 0 Å². The number of hydrogen-bond acceptors (Lipinski definition) is 4. The fourth-order valence-corrected chi connectivity index (χ4v) is 2.41. The summed E-state index contributed by atoms with van der Waals surface area (Å²) in [6.45, 7) is 1.35. The second-order valence-electron chi connectivity index (χ2n) is 5.83. The number of halogens is 2. The summed E-state index contributed by atoms with van der Waals surface area (Å²) < 4.78 is 27.2. The van der Waals surface area contributed by atoms with Crippen molar-refractivity contribution in [3.63, 3.8) is 0 Å². The van der Waals surface area contributed by atoms with Crippen LogP contribution in [0.15, 0.2) is 59.4 Å². The minimum atomic E-state index is -0.475. The molecule has 0 bridgehead atoms. The van der Waals surface area contributed by atoms with Crippen LogP contribution in [0.3, 0.4) is 0 Å². The molecule has 0 atom stereocenters. The molecular formula is C19H16F2N4O2. The van der Waals surface area contributed by atoms with Crippen molar-refractivity contribution >= 4 is 23.2 Å². The largest absolute Gasteiger partial charge is 0.326 e. The third-order valence-electron chi connectivity index (χ3n) is 3.67. The van der Waals surface area contributed by atoms with Crippen molar-refractivity contribution in [2.45, 2.75) is 13.5 Å². The number of rotatable bonds is 5. The van der Waals surface area contributed by atoms with Gasteiger partial charge in [0, 0.05) is 23.1 Å². The van der Waals surface area contributed by atoms with Crippen LogP contribution < -0.4 is 16.2 Å². The molecule has 0 aliphatic rings. The Balaban J connectivity index is 1.83. The quantitative estimate of drug-likeness (QED) is 0.723. The zero-order chi connectivity index (χ0) is 19.4. The van der Waals surface area contributed by atoms with Crippen molar-refractivity contribution in [1.82, 2.24) is 9.55 Å². The van der Waals surface area contributed by atoms with Gasteiger partial charge >= 0.3 is 0 Å². The highest BCUT2D eigenvalue weighted by atomic mass is 19.1. The maximum absolute atomic E-state index is 13.1. The number of carbonyl (C=O) groups is 1. The summed E-state index contributed by atoms with van der Waals surface area (Å²) in [5.41, 5.74) is 0.977. The maximum atomic E-state index is 13.1. The first-order chi connectivity index (χ1) is 12.9. The van der Waals surface area contributed by atoms with Crippen molar-refractivity contribution < 1.29 is 13.6 Å². The van der Waals surface area contributed by atoms with Gasteiger partial charge in [0.05, 0.1) is 0 Å². The molecule has 1 heterocycles. The smallest absolute Gasteiger partial charge is 0.255 e. The van der Waals surface area contributed by atoms with Crippen LogP contribution in [0.5, 0.6) is 0 Å². The second-order valence-corrected chi connectivity index (χ2v) is 5.83. The lowest BCUT2D eigenvalue weighted by Gasteiger charge is -2.14. The molecule has 8 heteroatoms. The van der Waals surface area contributed by atoms with Crippen molar-refractivity contribution in [2.24, 2.45) is 0 Å². The van der Waals surface area contributed by atoms with Gasteiger partial charge in [0.2, 0.25) is 11.9 Å². The predicted molar refractivity (Wildman–Crippen MR) is 97.9 cm³/mol. The lowest BCUT2D eigenvalue weighted by molar-refractivity contribution is -0.116. The first kappa shape index (κ1) is 18.2. The van der Waals surface area contributed by atoms with E-state index < -0.39 is 23.1 Å². The molecule has 2 aromatic carbocycles. The predicted octanol–water partition coefficient (Wildman–Crippen LogP) is 3.21. The van der Waals surface area contributed by atoms with E-state index in [4.69, 9.17) is 0 Å². The average Bonchev–Trinajstić information content (AvgIpc) is 2.62. The molecule has 0 unspecified atom stereocenters. The molecule has 3 rings (SSSR count). The van der Waals surface area contributed by atoms with Crippen LogP contribution in [0.1, 0.15) is 5.69 Å². The maximum Gasteiger partial charge on any atom is 0.255 e. The fourth-order valence-electron chi connectivity index (χ4n) is 2.41. The van der Waals surface area contributed by atoms with Crippen LogP contribution in [0.4, 0.5) is 26.1 Å². The minimum absolute atomic E-state index is 0.154. The number of benzene rings is 2. The highest BCUT2D eigenvalue weighted by Crippen LogP contribution is 2.15. The summed E-state index contributed by atoms with van der Waals surface area (Å²) in [6.07, 6.45) is 0. The van der Waals surface area contributed by atoms with Gasteiger partial charge in [0.25, 0.3) is 5.56 Å². The molecule has 3 aromatic rings. The molecule has 138 valence electrons. The van der Waals surface area contributed by atoms with E-state index in [1.165, 1.54) is 54.6 Å². The van der Waals surface area contributed by atoms with E-state index in [-0.39, 0.29) is 12.5 Å². The number of carbonyl (C=O) groups excluding carboxylic acids is 1. The summed E-state index contributed by atoms with van der Waals surface area (Å²) in [6, 6.07) is 12.1. The Kier molecular flexibility index (Phi) is 5.25. The van der Waals surface area contributed by atoms with Gasteiger partial charge in [-0.2, -0.15) is 0 Å². The summed E-state index contributed by atoms with van der Waals surface area (Å²) in [5.74, 6) is -1.14. The van der Waals surface area contributed by atoms with Gasteiger partial charge in [-0.3, -0.25) is 14.2 Å². The topological polar surface area (TPSA) is 76.0 Å². The summed E-state index contributed by atoms with van der Waals surface area (Å²) >= 11 is 0. The van der Waals surface area contributed by atoms with E-state index in [9.17, 15) is 18.4 Å². The van der Waals surface area contributed by atoms with Gasteiger partial charge in [0.1, 0.15) is 18.2 Å². The lowest BCUT2D eigenvalue weighted by Crippen LogP contribution is -2.30. The number of amides is 1. The molecule has 0 aliphatic carbocycles. The van der Waals surface area contributed by atoms with Crippen molar-refractivity contribution in [3.05, 3.63) is 82.3 Å². The molecule has 1 amide bonds. The van der Waals surface area contributed by atoms with E-state index in [1.54, 1.807) is 6.92 Å². The van der Waals surface area contributed by atoms with E-state index in [0.717, 1.165) is 4.57 Å². The van der Waals surface area contributed by atoms with Crippen LogP contribution in [-0.4, -0.2) is 15.5 Å². The molecule has 27 heavy (non-hydrogen) atoms. The van der Waals surface area contributed by atoms with Crippen molar-refractivity contribution in [3.8, 4) is 0 Å². The van der Waals surface area contributed by atoms with E-state index in [1.807, 2.05) is 0 Å². The highest BCUT2D eigenvalue weighted by molar-refractivity contribution is 5.90. The standard InChI is InChI=1S/C19H16F2N4O2/c1-12-10-18(27)25(11-17(26)23-15-6-2-13(20)3-7-15)19(22-12)24-16-8-4-14(21)5-9-16/h2-10H,11H2,1H3,(H,22,24)(H,23,26). The molecule has 1 aromatic heterocycles. The monoisotopic (exact) mass is 370 g/mol. The van der Waals surface area contributed by atoms with Crippen LogP contribution in [0.2, 0.25) is 0 Å². The molecule has 6 nitrogen and oxygen atoms in total. The van der Waals surface area contributed by atoms with Gasteiger partial charge in [-0.05, 0) is 55.5 Å². The second kappa shape index (κ2) is 7.77. The number of nitrogens with zero attached hydrogens (tertiary/aromatic N) is 2. The number of aromatic nitrogens is 2. The van der Waals surface area contributed by atoms with Gasteiger partial charge in [-0.15, -0.1) is 0 Å². The van der Waals surface area contributed by atoms with Crippen molar-refractivity contribution in [2.75, 3.05) is 10.6 Å². The van der Waals surface area contributed by atoms with E-state index in [0.29, 0.717) is 17.1 Å². The van der Waals surface area contributed by atoms with Crippen LogP contribution in [0, 0.1) is 18.6 Å². The summed E-state index contributed by atoms with van der Waals surface area (Å²) in [4.78, 5) is 28.9. The van der Waals surface area contributed by atoms with Gasteiger partial charge in [-0.25, -0.2) is 13.8 Å². The number of aryl methyl sites for hydroxylation is 1. The molecular weight excluding hydrogens is 354 g/mol. The zero-order valence-corrected chi connectivity index (χ0v) is 14.4. The van der Waals surface area contributed by atoms with Gasteiger partial charge in [-0.1, -0.05) is 0 Å². The number of hydrogen-bond donors (Lipinski definition) is 2. The van der Waals surface area contributed by atoms with E-state index in [2.05, 4.69) is 15.6 Å². The molecule has 0 saturated heterocycles. The zero-order valence-electron chi connectivity index (χ0n) is 14.4. The van der Waals surface area contributed by atoms with Crippen LogP contribution >= 0.6 is 0 Å². The Morgan fingerprint density at radius 2 is 1.56 bits per heavy atom. The average molecular weight is 370 g/mol.